The Morgan fingerprint density at radius 3 is 2.26 bits per heavy atom. The SMILES string of the molecule is O=C1c2ccccc2S(=O)(=O)N1c1ccccc1F. The number of fused-ring (bicyclic) bond motifs is 1. The highest BCUT2D eigenvalue weighted by atomic mass is 32.2. The second-order valence-electron chi connectivity index (χ2n) is 4.02. The summed E-state index contributed by atoms with van der Waals surface area (Å²) in [5.74, 6) is -1.49. The van der Waals surface area contributed by atoms with Crippen molar-refractivity contribution in [2.75, 3.05) is 4.31 Å². The summed E-state index contributed by atoms with van der Waals surface area (Å²) in [7, 11) is -4.03. The minimum absolute atomic E-state index is 0.0609. The number of hydrogen-bond acceptors (Lipinski definition) is 3. The van der Waals surface area contributed by atoms with Gasteiger partial charge < -0.3 is 0 Å². The number of carbonyl (C=O) groups is 1. The summed E-state index contributed by atoms with van der Waals surface area (Å²) >= 11 is 0. The molecule has 4 nitrogen and oxygen atoms in total. The Hall–Kier alpha value is -2.21. The lowest BCUT2D eigenvalue weighted by molar-refractivity contribution is 0.101. The summed E-state index contributed by atoms with van der Waals surface area (Å²) in [6.07, 6.45) is 0. The van der Waals surface area contributed by atoms with Crippen LogP contribution in [0.3, 0.4) is 0 Å². The van der Waals surface area contributed by atoms with E-state index in [4.69, 9.17) is 0 Å². The van der Waals surface area contributed by atoms with Crippen molar-refractivity contribution < 1.29 is 17.6 Å². The van der Waals surface area contributed by atoms with Crippen molar-refractivity contribution in [3.05, 3.63) is 59.9 Å². The van der Waals surface area contributed by atoms with Gasteiger partial charge in [0.15, 0.2) is 0 Å². The van der Waals surface area contributed by atoms with Gasteiger partial charge in [-0.05, 0) is 24.3 Å². The molecular formula is C13H8FNO3S. The van der Waals surface area contributed by atoms with Gasteiger partial charge >= 0.3 is 0 Å². The maximum absolute atomic E-state index is 13.7. The van der Waals surface area contributed by atoms with E-state index < -0.39 is 21.7 Å². The van der Waals surface area contributed by atoms with E-state index in [-0.39, 0.29) is 16.1 Å². The lowest BCUT2D eigenvalue weighted by Crippen LogP contribution is -2.30. The third-order valence-corrected chi connectivity index (χ3v) is 4.65. The van der Waals surface area contributed by atoms with Gasteiger partial charge in [0, 0.05) is 0 Å². The van der Waals surface area contributed by atoms with Crippen molar-refractivity contribution in [1.82, 2.24) is 0 Å². The molecule has 0 saturated heterocycles. The molecule has 0 unspecified atom stereocenters. The minimum atomic E-state index is -4.03. The second kappa shape index (κ2) is 3.89. The number of halogens is 1. The van der Waals surface area contributed by atoms with Crippen LogP contribution in [-0.2, 0) is 10.0 Å². The van der Waals surface area contributed by atoms with Crippen LogP contribution in [0.5, 0.6) is 0 Å². The molecule has 1 amide bonds. The van der Waals surface area contributed by atoms with Crippen molar-refractivity contribution in [2.45, 2.75) is 4.90 Å². The molecule has 19 heavy (non-hydrogen) atoms. The summed E-state index contributed by atoms with van der Waals surface area (Å²) in [5, 5.41) is 0. The van der Waals surface area contributed by atoms with Gasteiger partial charge in [-0.15, -0.1) is 0 Å². The highest BCUT2D eigenvalue weighted by molar-refractivity contribution is 7.94. The van der Waals surface area contributed by atoms with Crippen LogP contribution in [0, 0.1) is 5.82 Å². The largest absolute Gasteiger partial charge is 0.273 e. The zero-order valence-corrected chi connectivity index (χ0v) is 10.4. The topological polar surface area (TPSA) is 54.5 Å². The van der Waals surface area contributed by atoms with Gasteiger partial charge in [-0.3, -0.25) is 4.79 Å². The van der Waals surface area contributed by atoms with Gasteiger partial charge in [0.2, 0.25) is 0 Å². The maximum Gasteiger partial charge on any atom is 0.273 e. The number of sulfonamides is 1. The van der Waals surface area contributed by atoms with E-state index in [1.165, 1.54) is 36.4 Å². The van der Waals surface area contributed by atoms with Gasteiger partial charge in [0.25, 0.3) is 15.9 Å². The van der Waals surface area contributed by atoms with E-state index in [2.05, 4.69) is 0 Å². The van der Waals surface area contributed by atoms with E-state index in [9.17, 15) is 17.6 Å². The van der Waals surface area contributed by atoms with E-state index in [0.717, 1.165) is 6.07 Å². The normalized spacial score (nSPS) is 16.5. The predicted octanol–water partition coefficient (Wildman–Crippen LogP) is 2.17. The Balaban J connectivity index is 2.28. The maximum atomic E-state index is 13.7. The van der Waals surface area contributed by atoms with Crippen LogP contribution in [0.15, 0.2) is 53.4 Å². The van der Waals surface area contributed by atoms with Crippen LogP contribution in [0.4, 0.5) is 10.1 Å². The lowest BCUT2D eigenvalue weighted by Gasteiger charge is -2.15. The molecule has 1 heterocycles. The van der Waals surface area contributed by atoms with Gasteiger partial charge in [0.1, 0.15) is 10.7 Å². The number of para-hydroxylation sites is 1. The molecule has 0 radical (unpaired) electrons. The van der Waals surface area contributed by atoms with E-state index in [1.807, 2.05) is 0 Å². The van der Waals surface area contributed by atoms with E-state index in [1.54, 1.807) is 6.07 Å². The molecule has 0 N–H and O–H groups in total. The molecule has 2 aromatic carbocycles. The fraction of sp³-hybridized carbons (Fsp3) is 0. The zero-order valence-electron chi connectivity index (χ0n) is 9.58. The Bertz CT molecular complexity index is 786. The first kappa shape index (κ1) is 11.9. The average molecular weight is 277 g/mol. The fourth-order valence-corrected chi connectivity index (χ4v) is 3.64. The summed E-state index contributed by atoms with van der Waals surface area (Å²) in [6, 6.07) is 11.1. The molecule has 1 aliphatic rings. The smallest absolute Gasteiger partial charge is 0.268 e. The Kier molecular flexibility index (Phi) is 2.43. The number of anilines is 1. The number of carbonyl (C=O) groups excluding carboxylic acids is 1. The molecule has 1 aliphatic heterocycles. The number of benzene rings is 2. The molecule has 2 aromatic rings. The molecule has 0 atom stereocenters. The van der Waals surface area contributed by atoms with Crippen molar-refractivity contribution >= 4 is 21.6 Å². The molecule has 0 fully saturated rings. The first-order valence-electron chi connectivity index (χ1n) is 5.47. The third-order valence-electron chi connectivity index (χ3n) is 2.89. The van der Waals surface area contributed by atoms with E-state index >= 15 is 0 Å². The summed E-state index contributed by atoms with van der Waals surface area (Å²) in [5.41, 5.74) is -0.200. The summed E-state index contributed by atoms with van der Waals surface area (Å²) < 4.78 is 38.8. The van der Waals surface area contributed by atoms with Gasteiger partial charge in [-0.1, -0.05) is 24.3 Å². The Morgan fingerprint density at radius 1 is 0.947 bits per heavy atom. The predicted molar refractivity (Wildman–Crippen MR) is 66.8 cm³/mol. The van der Waals surface area contributed by atoms with Crippen LogP contribution in [0.1, 0.15) is 10.4 Å². The van der Waals surface area contributed by atoms with Crippen molar-refractivity contribution in [1.29, 1.82) is 0 Å². The zero-order chi connectivity index (χ0) is 13.6. The monoisotopic (exact) mass is 277 g/mol. The van der Waals surface area contributed by atoms with Crippen molar-refractivity contribution in [3.8, 4) is 0 Å². The van der Waals surface area contributed by atoms with Gasteiger partial charge in [-0.2, -0.15) is 4.31 Å². The number of hydrogen-bond donors (Lipinski definition) is 0. The first-order chi connectivity index (χ1) is 9.03. The molecule has 3 rings (SSSR count). The fourth-order valence-electron chi connectivity index (χ4n) is 2.04. The molecule has 0 spiro atoms. The average Bonchev–Trinajstić information content (AvgIpc) is 2.60. The van der Waals surface area contributed by atoms with Crippen LogP contribution in [-0.4, -0.2) is 14.3 Å². The Morgan fingerprint density at radius 2 is 1.58 bits per heavy atom. The number of nitrogens with zero attached hydrogens (tertiary/aromatic N) is 1. The summed E-state index contributed by atoms with van der Waals surface area (Å²) in [6.45, 7) is 0. The molecule has 96 valence electrons. The van der Waals surface area contributed by atoms with Gasteiger partial charge in [-0.25, -0.2) is 12.8 Å². The Labute approximate surface area is 109 Å². The van der Waals surface area contributed by atoms with Crippen LogP contribution < -0.4 is 4.31 Å². The molecule has 0 bridgehead atoms. The molecule has 0 saturated carbocycles. The van der Waals surface area contributed by atoms with Crippen molar-refractivity contribution in [3.63, 3.8) is 0 Å². The quantitative estimate of drug-likeness (QED) is 0.802. The third kappa shape index (κ3) is 1.57. The minimum Gasteiger partial charge on any atom is -0.268 e. The highest BCUT2D eigenvalue weighted by Gasteiger charge is 2.42. The summed E-state index contributed by atoms with van der Waals surface area (Å²) in [4.78, 5) is 12.1. The highest BCUT2D eigenvalue weighted by Crippen LogP contribution is 2.35. The molecular weight excluding hydrogens is 269 g/mol. The number of rotatable bonds is 1. The molecule has 6 heteroatoms. The molecule has 0 aliphatic carbocycles. The lowest BCUT2D eigenvalue weighted by atomic mass is 10.2. The first-order valence-corrected chi connectivity index (χ1v) is 6.91. The standard InChI is InChI=1S/C13H8FNO3S/c14-10-6-2-3-7-11(10)15-13(16)9-5-1-4-8-12(9)19(15,17)18/h1-8H. The van der Waals surface area contributed by atoms with Crippen LogP contribution in [0.25, 0.3) is 0 Å². The van der Waals surface area contributed by atoms with Crippen LogP contribution in [0.2, 0.25) is 0 Å². The van der Waals surface area contributed by atoms with E-state index in [0.29, 0.717) is 4.31 Å². The molecule has 0 aromatic heterocycles. The second-order valence-corrected chi connectivity index (χ2v) is 5.78. The van der Waals surface area contributed by atoms with Crippen molar-refractivity contribution in [2.24, 2.45) is 0 Å². The van der Waals surface area contributed by atoms with Gasteiger partial charge in [0.05, 0.1) is 11.3 Å². The van der Waals surface area contributed by atoms with Crippen LogP contribution >= 0.6 is 0 Å². The number of amides is 1.